The monoisotopic (exact) mass is 418 g/mol. The smallest absolute Gasteiger partial charge is 0.311 e. The van der Waals surface area contributed by atoms with Gasteiger partial charge in [0.1, 0.15) is 12.4 Å². The number of nitro groups is 1. The molecule has 164 valence electrons. The van der Waals surface area contributed by atoms with E-state index in [9.17, 15) is 20.3 Å². The number of phenols is 1. The van der Waals surface area contributed by atoms with Crippen molar-refractivity contribution in [1.82, 2.24) is 9.88 Å². The van der Waals surface area contributed by atoms with Gasteiger partial charge in [0.15, 0.2) is 0 Å². The summed E-state index contributed by atoms with van der Waals surface area (Å²) in [5, 5.41) is 34.4. The minimum absolute atomic E-state index is 0.113. The lowest BCUT2D eigenvalue weighted by molar-refractivity contribution is -0.671. The molecule has 0 aliphatic heterocycles. The SMILES string of the molecule is CC(C)C[C@@H](CO)N=Cc1cc(CNCCCn2cc[n+](C)c2)cc([N+](=O)[O-])c1O. The molecule has 0 aliphatic carbocycles. The third kappa shape index (κ3) is 7.23. The zero-order valence-corrected chi connectivity index (χ0v) is 17.9. The first-order valence-corrected chi connectivity index (χ1v) is 10.2. The minimum Gasteiger partial charge on any atom is -0.502 e. The number of nitrogens with zero attached hydrogens (tertiary/aromatic N) is 4. The molecule has 0 radical (unpaired) electrons. The van der Waals surface area contributed by atoms with Crippen LogP contribution in [0.4, 0.5) is 5.69 Å². The van der Waals surface area contributed by atoms with Crippen LogP contribution in [0, 0.1) is 16.0 Å². The summed E-state index contributed by atoms with van der Waals surface area (Å²) >= 11 is 0. The van der Waals surface area contributed by atoms with Gasteiger partial charge in [-0.1, -0.05) is 13.8 Å². The minimum atomic E-state index is -0.597. The molecule has 1 atom stereocenters. The number of benzene rings is 1. The van der Waals surface area contributed by atoms with Crippen molar-refractivity contribution in [3.05, 3.63) is 52.1 Å². The third-order valence-electron chi connectivity index (χ3n) is 4.68. The Bertz CT molecular complexity index is 863. The van der Waals surface area contributed by atoms with Gasteiger partial charge in [0, 0.05) is 24.4 Å². The highest BCUT2D eigenvalue weighted by atomic mass is 16.6. The van der Waals surface area contributed by atoms with Crippen molar-refractivity contribution < 1.29 is 19.7 Å². The highest BCUT2D eigenvalue weighted by Gasteiger charge is 2.18. The van der Waals surface area contributed by atoms with Gasteiger partial charge in [-0.25, -0.2) is 9.13 Å². The maximum Gasteiger partial charge on any atom is 0.311 e. The molecule has 0 fully saturated rings. The Morgan fingerprint density at radius 3 is 2.77 bits per heavy atom. The molecule has 1 heterocycles. The molecule has 2 aromatic rings. The summed E-state index contributed by atoms with van der Waals surface area (Å²) in [6.45, 7) is 6.02. The second-order valence-corrected chi connectivity index (χ2v) is 7.90. The molecule has 0 bridgehead atoms. The molecule has 0 amide bonds. The summed E-state index contributed by atoms with van der Waals surface area (Å²) in [6, 6.07) is 2.76. The molecule has 2 rings (SSSR count). The predicted molar refractivity (Wildman–Crippen MR) is 115 cm³/mol. The zero-order chi connectivity index (χ0) is 22.1. The third-order valence-corrected chi connectivity index (χ3v) is 4.68. The number of hydrogen-bond donors (Lipinski definition) is 3. The van der Waals surface area contributed by atoms with Crippen LogP contribution in [0.1, 0.15) is 37.8 Å². The summed E-state index contributed by atoms with van der Waals surface area (Å²) < 4.78 is 4.07. The molecular formula is C21H32N5O4+. The molecule has 1 aromatic heterocycles. The first-order valence-electron chi connectivity index (χ1n) is 10.2. The number of hydrogen-bond acceptors (Lipinski definition) is 6. The van der Waals surface area contributed by atoms with Crippen LogP contribution >= 0.6 is 0 Å². The number of phenolic OH excluding ortho intramolecular Hbond substituents is 1. The van der Waals surface area contributed by atoms with Gasteiger partial charge in [-0.2, -0.15) is 0 Å². The lowest BCUT2D eigenvalue weighted by atomic mass is 10.0. The van der Waals surface area contributed by atoms with Gasteiger partial charge in [-0.05, 0) is 36.9 Å². The number of aromatic hydroxyl groups is 1. The Morgan fingerprint density at radius 2 is 2.17 bits per heavy atom. The Kier molecular flexibility index (Phi) is 8.94. The normalized spacial score (nSPS) is 12.7. The molecule has 1 aromatic carbocycles. The maximum absolute atomic E-state index is 11.3. The number of aryl methyl sites for hydroxylation is 2. The second-order valence-electron chi connectivity index (χ2n) is 7.90. The topological polar surface area (TPSA) is 117 Å². The molecule has 3 N–H and O–H groups in total. The van der Waals surface area contributed by atoms with Crippen LogP contribution in [-0.4, -0.2) is 45.1 Å². The zero-order valence-electron chi connectivity index (χ0n) is 17.9. The fourth-order valence-electron chi connectivity index (χ4n) is 3.21. The molecule has 0 aliphatic rings. The van der Waals surface area contributed by atoms with Gasteiger partial charge in [-0.15, -0.1) is 0 Å². The van der Waals surface area contributed by atoms with E-state index in [4.69, 9.17) is 0 Å². The van der Waals surface area contributed by atoms with Crippen LogP contribution in [0.5, 0.6) is 5.75 Å². The van der Waals surface area contributed by atoms with Crippen LogP contribution in [0.2, 0.25) is 0 Å². The van der Waals surface area contributed by atoms with Crippen LogP contribution < -0.4 is 9.88 Å². The molecule has 0 saturated heterocycles. The largest absolute Gasteiger partial charge is 0.502 e. The van der Waals surface area contributed by atoms with Gasteiger partial charge < -0.3 is 15.5 Å². The number of aliphatic hydroxyl groups excluding tert-OH is 1. The maximum atomic E-state index is 11.3. The fourth-order valence-corrected chi connectivity index (χ4v) is 3.21. The molecule has 0 spiro atoms. The standard InChI is InChI=1S/C21H31N5O4/c1-16(2)9-19(14-27)23-13-18-10-17(11-20(21(18)28)26(29)30)12-22-5-4-6-25-8-7-24(3)15-25/h7-8,10-11,13,15-16,19,22,27H,4-6,9,12,14H2,1-3H3/p+1/t19-/m0/s1. The Hall–Kier alpha value is -2.78. The van der Waals surface area contributed by atoms with E-state index in [2.05, 4.69) is 14.9 Å². The van der Waals surface area contributed by atoms with E-state index < -0.39 is 10.7 Å². The van der Waals surface area contributed by atoms with E-state index in [0.29, 0.717) is 24.4 Å². The van der Waals surface area contributed by atoms with E-state index in [0.717, 1.165) is 19.5 Å². The molecule has 9 heteroatoms. The van der Waals surface area contributed by atoms with E-state index in [1.807, 2.05) is 44.2 Å². The number of rotatable bonds is 12. The van der Waals surface area contributed by atoms with Gasteiger partial charge in [0.05, 0.1) is 31.2 Å². The van der Waals surface area contributed by atoms with Crippen LogP contribution in [-0.2, 0) is 20.1 Å². The molecular weight excluding hydrogens is 386 g/mol. The van der Waals surface area contributed by atoms with E-state index in [-0.39, 0.29) is 23.9 Å². The molecule has 0 saturated carbocycles. The van der Waals surface area contributed by atoms with E-state index in [1.54, 1.807) is 6.07 Å². The van der Waals surface area contributed by atoms with Gasteiger partial charge in [-0.3, -0.25) is 15.1 Å². The number of imidazole rings is 1. The average Bonchev–Trinajstić information content (AvgIpc) is 3.11. The fraction of sp³-hybridized carbons (Fsp3) is 0.524. The van der Waals surface area contributed by atoms with Crippen LogP contribution in [0.15, 0.2) is 35.8 Å². The molecule has 9 nitrogen and oxygen atoms in total. The summed E-state index contributed by atoms with van der Waals surface area (Å²) in [7, 11) is 1.97. The number of aromatic nitrogens is 2. The van der Waals surface area contributed by atoms with Crippen LogP contribution in [0.3, 0.4) is 0 Å². The van der Waals surface area contributed by atoms with Gasteiger partial charge in [0.25, 0.3) is 0 Å². The lowest BCUT2D eigenvalue weighted by Gasteiger charge is -2.12. The first kappa shape index (κ1) is 23.5. The second kappa shape index (κ2) is 11.4. The van der Waals surface area contributed by atoms with E-state index >= 15 is 0 Å². The lowest BCUT2D eigenvalue weighted by Crippen LogP contribution is -2.24. The highest BCUT2D eigenvalue weighted by Crippen LogP contribution is 2.30. The quantitative estimate of drug-likeness (QED) is 0.160. The highest BCUT2D eigenvalue weighted by molar-refractivity contribution is 5.86. The average molecular weight is 419 g/mol. The molecule has 0 unspecified atom stereocenters. The van der Waals surface area contributed by atoms with Crippen molar-refractivity contribution in [2.75, 3.05) is 13.2 Å². The van der Waals surface area contributed by atoms with Crippen molar-refractivity contribution in [1.29, 1.82) is 0 Å². The Balaban J connectivity index is 2.03. The number of nitro benzene ring substituents is 1. The Labute approximate surface area is 176 Å². The Morgan fingerprint density at radius 1 is 1.40 bits per heavy atom. The summed E-state index contributed by atoms with van der Waals surface area (Å²) in [5.74, 6) is -0.0546. The predicted octanol–water partition coefficient (Wildman–Crippen LogP) is 1.93. The van der Waals surface area contributed by atoms with Crippen molar-refractivity contribution in [3.8, 4) is 5.75 Å². The van der Waals surface area contributed by atoms with Gasteiger partial charge in [0.2, 0.25) is 12.1 Å². The summed E-state index contributed by atoms with van der Waals surface area (Å²) in [5.41, 5.74) is 0.626. The van der Waals surface area contributed by atoms with Gasteiger partial charge >= 0.3 is 5.69 Å². The number of nitrogens with one attached hydrogen (secondary N) is 1. The van der Waals surface area contributed by atoms with Crippen molar-refractivity contribution in [3.63, 3.8) is 0 Å². The van der Waals surface area contributed by atoms with Crippen molar-refractivity contribution in [2.45, 2.75) is 45.8 Å². The first-order chi connectivity index (χ1) is 14.3. The van der Waals surface area contributed by atoms with E-state index in [1.165, 1.54) is 12.3 Å². The molecule has 30 heavy (non-hydrogen) atoms. The summed E-state index contributed by atoms with van der Waals surface area (Å²) in [4.78, 5) is 15.1. The van der Waals surface area contributed by atoms with Crippen molar-refractivity contribution in [2.24, 2.45) is 18.0 Å². The number of aliphatic hydroxyl groups is 1. The van der Waals surface area contributed by atoms with Crippen LogP contribution in [0.25, 0.3) is 0 Å². The summed E-state index contributed by atoms with van der Waals surface area (Å²) in [6.07, 6.45) is 9.02. The van der Waals surface area contributed by atoms with Crippen molar-refractivity contribution >= 4 is 11.9 Å². The number of aliphatic imine (C=N–C) groups is 1.